The van der Waals surface area contributed by atoms with Gasteiger partial charge in [0.1, 0.15) is 23.6 Å². The Kier molecular flexibility index (Phi) is 9.01. The number of benzene rings is 3. The van der Waals surface area contributed by atoms with Gasteiger partial charge in [-0.25, -0.2) is 4.98 Å². The molecule has 2 amide bonds. The number of rotatable bonds is 10. The molecule has 0 atom stereocenters. The van der Waals surface area contributed by atoms with Crippen LogP contribution in [0.1, 0.15) is 22.4 Å². The van der Waals surface area contributed by atoms with Crippen molar-refractivity contribution in [2.75, 3.05) is 32.7 Å². The molecule has 1 heterocycles. The molecule has 0 aliphatic heterocycles. The van der Waals surface area contributed by atoms with Crippen molar-refractivity contribution < 1.29 is 23.8 Å². The summed E-state index contributed by atoms with van der Waals surface area (Å²) in [6, 6.07) is 21.0. The first-order valence-electron chi connectivity index (χ1n) is 12.8. The average molecular weight is 540 g/mol. The van der Waals surface area contributed by atoms with E-state index >= 15 is 0 Å². The smallest absolute Gasteiger partial charge is 0.246 e. The van der Waals surface area contributed by atoms with Crippen LogP contribution in [0.5, 0.6) is 17.2 Å². The minimum Gasteiger partial charge on any atom is -0.496 e. The Morgan fingerprint density at radius 1 is 0.950 bits per heavy atom. The third-order valence-electron chi connectivity index (χ3n) is 6.43. The lowest BCUT2D eigenvalue weighted by Crippen LogP contribution is -2.37. The molecule has 4 rings (SSSR count). The first kappa shape index (κ1) is 28.2. The molecule has 206 valence electrons. The van der Waals surface area contributed by atoms with Gasteiger partial charge in [-0.1, -0.05) is 48.0 Å². The topological polar surface area (TPSA) is 90.0 Å². The van der Waals surface area contributed by atoms with E-state index in [0.717, 1.165) is 27.7 Å². The fourth-order valence-electron chi connectivity index (χ4n) is 4.32. The van der Waals surface area contributed by atoms with Crippen LogP contribution < -0.4 is 24.4 Å². The van der Waals surface area contributed by atoms with Crippen molar-refractivity contribution in [3.05, 3.63) is 95.2 Å². The molecule has 0 saturated carbocycles. The van der Waals surface area contributed by atoms with Crippen LogP contribution in [0.25, 0.3) is 17.0 Å². The summed E-state index contributed by atoms with van der Waals surface area (Å²) in [6.07, 6.45) is 3.12. The first-order valence-corrected chi connectivity index (χ1v) is 12.8. The number of carbonyl (C=O) groups is 2. The molecule has 0 unspecified atom stereocenters. The lowest BCUT2D eigenvalue weighted by molar-refractivity contribution is -0.122. The van der Waals surface area contributed by atoms with Gasteiger partial charge >= 0.3 is 0 Å². The minimum absolute atomic E-state index is 0.122. The van der Waals surface area contributed by atoms with Crippen molar-refractivity contribution >= 4 is 34.5 Å². The Balaban J connectivity index is 1.49. The maximum atomic E-state index is 13.0. The van der Waals surface area contributed by atoms with E-state index in [1.54, 1.807) is 32.4 Å². The minimum atomic E-state index is -0.363. The number of fused-ring (bicyclic) bond motifs is 1. The number of para-hydroxylation sites is 1. The molecule has 3 aromatic carbocycles. The molecule has 4 aromatic rings. The quantitative estimate of drug-likeness (QED) is 0.277. The number of ether oxygens (including phenoxy) is 3. The van der Waals surface area contributed by atoms with Crippen LogP contribution >= 0.6 is 0 Å². The van der Waals surface area contributed by atoms with Gasteiger partial charge in [0.05, 0.1) is 32.0 Å². The standard InChI is InChI=1S/C32H33N3O5/c1-21-8-6-9-23(18-21)13-17-29(36)33-19-30(37)35(3)26-15-16-27(38-4)25(32(26)39-5)20-40-28-11-7-10-24-14-12-22(2)34-31(24)28/h6-18H,19-20H2,1-5H3,(H,33,36)/b17-13+. The van der Waals surface area contributed by atoms with Gasteiger partial charge in [0.25, 0.3) is 0 Å². The number of aryl methyl sites for hydroxylation is 2. The third-order valence-corrected chi connectivity index (χ3v) is 6.43. The molecule has 0 bridgehead atoms. The van der Waals surface area contributed by atoms with Crippen LogP contribution in [0.3, 0.4) is 0 Å². The Morgan fingerprint density at radius 2 is 1.75 bits per heavy atom. The highest BCUT2D eigenvalue weighted by Crippen LogP contribution is 2.39. The summed E-state index contributed by atoms with van der Waals surface area (Å²) in [5.74, 6) is 0.937. The molecular weight excluding hydrogens is 506 g/mol. The second-order valence-corrected chi connectivity index (χ2v) is 9.29. The fraction of sp³-hybridized carbons (Fsp3) is 0.219. The molecule has 40 heavy (non-hydrogen) atoms. The Bertz CT molecular complexity index is 1560. The number of hydrogen-bond donors (Lipinski definition) is 1. The van der Waals surface area contributed by atoms with Crippen molar-refractivity contribution in [2.45, 2.75) is 20.5 Å². The summed E-state index contributed by atoms with van der Waals surface area (Å²) >= 11 is 0. The van der Waals surface area contributed by atoms with Gasteiger partial charge in [-0.15, -0.1) is 0 Å². The summed E-state index contributed by atoms with van der Waals surface area (Å²) in [4.78, 5) is 31.4. The SMILES string of the molecule is COc1ccc(N(C)C(=O)CNC(=O)/C=C/c2cccc(C)c2)c(OC)c1COc1cccc2ccc(C)nc12. The third kappa shape index (κ3) is 6.58. The second-order valence-electron chi connectivity index (χ2n) is 9.29. The van der Waals surface area contributed by atoms with E-state index in [0.29, 0.717) is 28.5 Å². The number of pyridine rings is 1. The molecule has 1 aromatic heterocycles. The number of hydrogen-bond acceptors (Lipinski definition) is 6. The predicted molar refractivity (Wildman–Crippen MR) is 157 cm³/mol. The maximum Gasteiger partial charge on any atom is 0.246 e. The number of anilines is 1. The normalized spacial score (nSPS) is 10.9. The summed E-state index contributed by atoms with van der Waals surface area (Å²) in [5.41, 5.74) is 4.81. The van der Waals surface area contributed by atoms with Crippen LogP contribution in [0.4, 0.5) is 5.69 Å². The molecule has 0 radical (unpaired) electrons. The van der Waals surface area contributed by atoms with Crippen molar-refractivity contribution in [3.8, 4) is 17.2 Å². The monoisotopic (exact) mass is 539 g/mol. The molecular formula is C32H33N3O5. The van der Waals surface area contributed by atoms with Crippen molar-refractivity contribution in [3.63, 3.8) is 0 Å². The van der Waals surface area contributed by atoms with E-state index in [-0.39, 0.29) is 25.0 Å². The molecule has 0 aliphatic carbocycles. The zero-order chi connectivity index (χ0) is 28.6. The van der Waals surface area contributed by atoms with Crippen LogP contribution in [0.15, 0.2) is 72.8 Å². The van der Waals surface area contributed by atoms with Crippen LogP contribution in [0.2, 0.25) is 0 Å². The van der Waals surface area contributed by atoms with Crippen LogP contribution in [-0.2, 0) is 16.2 Å². The Morgan fingerprint density at radius 3 is 2.50 bits per heavy atom. The van der Waals surface area contributed by atoms with Gasteiger partial charge in [0, 0.05) is 24.2 Å². The molecule has 0 fully saturated rings. The number of nitrogens with one attached hydrogen (secondary N) is 1. The largest absolute Gasteiger partial charge is 0.496 e. The summed E-state index contributed by atoms with van der Waals surface area (Å²) in [7, 11) is 4.72. The Labute approximate surface area is 234 Å². The summed E-state index contributed by atoms with van der Waals surface area (Å²) in [6.45, 7) is 3.85. The highest BCUT2D eigenvalue weighted by molar-refractivity contribution is 6.00. The van der Waals surface area contributed by atoms with E-state index in [4.69, 9.17) is 14.2 Å². The maximum absolute atomic E-state index is 13.0. The van der Waals surface area contributed by atoms with Crippen molar-refractivity contribution in [1.82, 2.24) is 10.3 Å². The number of methoxy groups -OCH3 is 2. The van der Waals surface area contributed by atoms with Crippen molar-refractivity contribution in [1.29, 1.82) is 0 Å². The van der Waals surface area contributed by atoms with Crippen molar-refractivity contribution in [2.24, 2.45) is 0 Å². The zero-order valence-electron chi connectivity index (χ0n) is 23.4. The van der Waals surface area contributed by atoms with Crippen LogP contribution in [-0.4, -0.2) is 44.6 Å². The Hall–Kier alpha value is -4.85. The molecule has 0 aliphatic rings. The molecule has 0 saturated heterocycles. The molecule has 0 spiro atoms. The lowest BCUT2D eigenvalue weighted by Gasteiger charge is -2.23. The summed E-state index contributed by atoms with van der Waals surface area (Å²) < 4.78 is 17.5. The highest BCUT2D eigenvalue weighted by atomic mass is 16.5. The highest BCUT2D eigenvalue weighted by Gasteiger charge is 2.22. The first-order chi connectivity index (χ1) is 19.3. The molecule has 8 nitrogen and oxygen atoms in total. The van der Waals surface area contributed by atoms with Gasteiger partial charge in [0.15, 0.2) is 5.75 Å². The second kappa shape index (κ2) is 12.8. The fourth-order valence-corrected chi connectivity index (χ4v) is 4.32. The predicted octanol–water partition coefficient (Wildman–Crippen LogP) is 5.24. The van der Waals surface area contributed by atoms with Gasteiger partial charge in [-0.3, -0.25) is 9.59 Å². The van der Waals surface area contributed by atoms with Gasteiger partial charge in [-0.2, -0.15) is 0 Å². The van der Waals surface area contributed by atoms with E-state index in [9.17, 15) is 9.59 Å². The van der Waals surface area contributed by atoms with Gasteiger partial charge in [-0.05, 0) is 49.8 Å². The van der Waals surface area contributed by atoms with E-state index in [1.807, 2.05) is 68.4 Å². The number of aromatic nitrogens is 1. The van der Waals surface area contributed by atoms with Gasteiger partial charge in [0.2, 0.25) is 11.8 Å². The summed E-state index contributed by atoms with van der Waals surface area (Å²) in [5, 5.41) is 3.62. The molecule has 8 heteroatoms. The number of nitrogens with zero attached hydrogens (tertiary/aromatic N) is 2. The van der Waals surface area contributed by atoms with E-state index in [2.05, 4.69) is 10.3 Å². The number of amides is 2. The van der Waals surface area contributed by atoms with Gasteiger partial charge < -0.3 is 24.4 Å². The molecule has 1 N–H and O–H groups in total. The lowest BCUT2D eigenvalue weighted by atomic mass is 10.1. The zero-order valence-corrected chi connectivity index (χ0v) is 23.4. The number of likely N-dealkylation sites (N-methyl/N-ethyl adjacent to an activating group) is 1. The van der Waals surface area contributed by atoms with Crippen LogP contribution in [0, 0.1) is 13.8 Å². The van der Waals surface area contributed by atoms with E-state index in [1.165, 1.54) is 18.1 Å². The number of carbonyl (C=O) groups excluding carboxylic acids is 2. The average Bonchev–Trinajstić information content (AvgIpc) is 2.96. The van der Waals surface area contributed by atoms with E-state index < -0.39 is 0 Å².